The van der Waals surface area contributed by atoms with E-state index in [0.29, 0.717) is 6.04 Å². The van der Waals surface area contributed by atoms with Crippen molar-refractivity contribution >= 4 is 0 Å². The Morgan fingerprint density at radius 2 is 2.00 bits per heavy atom. The molecule has 1 aromatic carbocycles. The van der Waals surface area contributed by atoms with E-state index in [1.807, 2.05) is 0 Å². The lowest BCUT2D eigenvalue weighted by molar-refractivity contribution is 0.461. The third-order valence-electron chi connectivity index (χ3n) is 3.38. The van der Waals surface area contributed by atoms with E-state index in [1.165, 1.54) is 36.8 Å². The Balaban J connectivity index is 1.97. The molecule has 1 aliphatic rings. The maximum absolute atomic E-state index is 3.72. The maximum atomic E-state index is 3.72. The molecule has 15 heavy (non-hydrogen) atoms. The van der Waals surface area contributed by atoms with Gasteiger partial charge >= 0.3 is 0 Å². The van der Waals surface area contributed by atoms with Crippen LogP contribution in [0.3, 0.4) is 0 Å². The van der Waals surface area contributed by atoms with Gasteiger partial charge in [-0.1, -0.05) is 42.7 Å². The molecule has 1 nitrogen and oxygen atoms in total. The minimum Gasteiger partial charge on any atom is -0.307 e. The predicted octanol–water partition coefficient (Wildman–Crippen LogP) is 3.59. The zero-order valence-corrected chi connectivity index (χ0v) is 9.79. The lowest BCUT2D eigenvalue weighted by Gasteiger charge is -2.19. The van der Waals surface area contributed by atoms with Crippen LogP contribution in [0.25, 0.3) is 0 Å². The number of rotatable bonds is 3. The van der Waals surface area contributed by atoms with Crippen molar-refractivity contribution in [1.82, 2.24) is 5.32 Å². The van der Waals surface area contributed by atoms with Crippen molar-refractivity contribution in [2.24, 2.45) is 0 Å². The second kappa shape index (κ2) is 4.80. The second-order valence-electron chi connectivity index (χ2n) is 4.78. The average molecular weight is 203 g/mol. The molecule has 1 aliphatic carbocycles. The molecule has 82 valence electrons. The summed E-state index contributed by atoms with van der Waals surface area (Å²) in [5.74, 6) is 0. The first-order valence-corrected chi connectivity index (χ1v) is 6.08. The summed E-state index contributed by atoms with van der Waals surface area (Å²) in [6, 6.07) is 10.1. The van der Waals surface area contributed by atoms with Crippen molar-refractivity contribution in [3.8, 4) is 0 Å². The van der Waals surface area contributed by atoms with Crippen LogP contribution in [-0.4, -0.2) is 6.04 Å². The van der Waals surface area contributed by atoms with Gasteiger partial charge < -0.3 is 5.32 Å². The summed E-state index contributed by atoms with van der Waals surface area (Å²) in [4.78, 5) is 0. The molecule has 0 amide bonds. The van der Waals surface area contributed by atoms with Crippen molar-refractivity contribution in [2.45, 2.75) is 51.6 Å². The number of hydrogen-bond donors (Lipinski definition) is 1. The van der Waals surface area contributed by atoms with E-state index in [9.17, 15) is 0 Å². The molecular weight excluding hydrogens is 182 g/mol. The summed E-state index contributed by atoms with van der Waals surface area (Å²) in [7, 11) is 0. The van der Waals surface area contributed by atoms with Gasteiger partial charge in [-0.25, -0.2) is 0 Å². The van der Waals surface area contributed by atoms with E-state index in [4.69, 9.17) is 0 Å². The molecule has 1 aromatic rings. The first-order chi connectivity index (χ1) is 7.25. The topological polar surface area (TPSA) is 12.0 Å². The molecule has 0 saturated heterocycles. The molecule has 2 rings (SSSR count). The highest BCUT2D eigenvalue weighted by Crippen LogP contribution is 2.22. The van der Waals surface area contributed by atoms with Crippen LogP contribution in [0.15, 0.2) is 24.3 Å². The summed E-state index contributed by atoms with van der Waals surface area (Å²) in [5.41, 5.74) is 2.77. The number of aryl methyl sites for hydroxylation is 1. The van der Waals surface area contributed by atoms with Crippen LogP contribution in [0.4, 0.5) is 0 Å². The summed E-state index contributed by atoms with van der Waals surface area (Å²) in [6.45, 7) is 4.43. The van der Waals surface area contributed by atoms with Crippen LogP contribution in [-0.2, 0) is 0 Å². The summed E-state index contributed by atoms with van der Waals surface area (Å²) in [5, 5.41) is 3.72. The number of benzene rings is 1. The van der Waals surface area contributed by atoms with Crippen molar-refractivity contribution in [1.29, 1.82) is 0 Å². The smallest absolute Gasteiger partial charge is 0.0294 e. The molecule has 0 unspecified atom stereocenters. The normalized spacial score (nSPS) is 19.3. The van der Waals surface area contributed by atoms with Crippen LogP contribution in [0.2, 0.25) is 0 Å². The molecule has 0 aromatic heterocycles. The van der Waals surface area contributed by atoms with Gasteiger partial charge in [0.2, 0.25) is 0 Å². The monoisotopic (exact) mass is 203 g/mol. The van der Waals surface area contributed by atoms with Crippen LogP contribution >= 0.6 is 0 Å². The van der Waals surface area contributed by atoms with E-state index >= 15 is 0 Å². The zero-order chi connectivity index (χ0) is 10.7. The largest absolute Gasteiger partial charge is 0.307 e. The fraction of sp³-hybridized carbons (Fsp3) is 0.571. The minimum atomic E-state index is 0.494. The van der Waals surface area contributed by atoms with E-state index in [1.54, 1.807) is 0 Å². The molecule has 0 spiro atoms. The summed E-state index contributed by atoms with van der Waals surface area (Å²) < 4.78 is 0. The summed E-state index contributed by atoms with van der Waals surface area (Å²) in [6.07, 6.45) is 5.52. The van der Waals surface area contributed by atoms with Gasteiger partial charge in [0.15, 0.2) is 0 Å². The molecular formula is C14H21N. The Morgan fingerprint density at radius 1 is 1.27 bits per heavy atom. The van der Waals surface area contributed by atoms with E-state index in [2.05, 4.69) is 43.4 Å². The van der Waals surface area contributed by atoms with Crippen molar-refractivity contribution in [3.63, 3.8) is 0 Å². The van der Waals surface area contributed by atoms with Gasteiger partial charge in [0.25, 0.3) is 0 Å². The van der Waals surface area contributed by atoms with Gasteiger partial charge in [0.1, 0.15) is 0 Å². The SMILES string of the molecule is Cc1cccc([C@H](C)NC2CCCC2)c1. The van der Waals surface area contributed by atoms with E-state index in [-0.39, 0.29) is 0 Å². The molecule has 0 aliphatic heterocycles. The predicted molar refractivity (Wildman–Crippen MR) is 65.0 cm³/mol. The van der Waals surface area contributed by atoms with Crippen molar-refractivity contribution < 1.29 is 0 Å². The fourth-order valence-corrected chi connectivity index (χ4v) is 2.48. The Morgan fingerprint density at radius 3 is 2.67 bits per heavy atom. The quantitative estimate of drug-likeness (QED) is 0.791. The van der Waals surface area contributed by atoms with Crippen LogP contribution in [0.5, 0.6) is 0 Å². The van der Waals surface area contributed by atoms with Gasteiger partial charge in [-0.15, -0.1) is 0 Å². The molecule has 0 bridgehead atoms. The molecule has 0 radical (unpaired) electrons. The number of hydrogen-bond acceptors (Lipinski definition) is 1. The Bertz CT molecular complexity index is 313. The van der Waals surface area contributed by atoms with E-state index < -0.39 is 0 Å². The van der Waals surface area contributed by atoms with Crippen LogP contribution in [0.1, 0.15) is 49.8 Å². The van der Waals surface area contributed by atoms with Crippen molar-refractivity contribution in [3.05, 3.63) is 35.4 Å². The maximum Gasteiger partial charge on any atom is 0.0294 e. The van der Waals surface area contributed by atoms with E-state index in [0.717, 1.165) is 6.04 Å². The molecule has 0 heterocycles. The van der Waals surface area contributed by atoms with Crippen LogP contribution < -0.4 is 5.32 Å². The van der Waals surface area contributed by atoms with Gasteiger partial charge in [-0.3, -0.25) is 0 Å². The molecule has 1 fully saturated rings. The lowest BCUT2D eigenvalue weighted by atomic mass is 10.0. The average Bonchev–Trinajstić information content (AvgIpc) is 2.70. The highest BCUT2D eigenvalue weighted by molar-refractivity contribution is 5.24. The number of nitrogens with one attached hydrogen (secondary N) is 1. The lowest BCUT2D eigenvalue weighted by Crippen LogP contribution is -2.28. The fourth-order valence-electron chi connectivity index (χ4n) is 2.48. The minimum absolute atomic E-state index is 0.494. The molecule has 1 atom stereocenters. The highest BCUT2D eigenvalue weighted by Gasteiger charge is 2.17. The second-order valence-corrected chi connectivity index (χ2v) is 4.78. The van der Waals surface area contributed by atoms with Gasteiger partial charge in [-0.2, -0.15) is 0 Å². The van der Waals surface area contributed by atoms with Gasteiger partial charge in [0.05, 0.1) is 0 Å². The van der Waals surface area contributed by atoms with Gasteiger partial charge in [-0.05, 0) is 32.3 Å². The Kier molecular flexibility index (Phi) is 3.42. The highest BCUT2D eigenvalue weighted by atomic mass is 14.9. The Labute approximate surface area is 92.9 Å². The molecule has 1 N–H and O–H groups in total. The first-order valence-electron chi connectivity index (χ1n) is 6.08. The third kappa shape index (κ3) is 2.82. The standard InChI is InChI=1S/C14H21N/c1-11-6-5-7-13(10-11)12(2)15-14-8-3-4-9-14/h5-7,10,12,14-15H,3-4,8-9H2,1-2H3/t12-/m0/s1. The van der Waals surface area contributed by atoms with Gasteiger partial charge in [0, 0.05) is 12.1 Å². The van der Waals surface area contributed by atoms with Crippen molar-refractivity contribution in [2.75, 3.05) is 0 Å². The summed E-state index contributed by atoms with van der Waals surface area (Å²) >= 11 is 0. The zero-order valence-electron chi connectivity index (χ0n) is 9.79. The molecule has 1 saturated carbocycles. The van der Waals surface area contributed by atoms with Crippen LogP contribution in [0, 0.1) is 6.92 Å². The molecule has 1 heteroatoms. The Hall–Kier alpha value is -0.820. The third-order valence-corrected chi connectivity index (χ3v) is 3.38. The first kappa shape index (κ1) is 10.7.